The van der Waals surface area contributed by atoms with Crippen LogP contribution < -0.4 is 17.0 Å². The van der Waals surface area contributed by atoms with Gasteiger partial charge < -0.3 is 45.1 Å². The van der Waals surface area contributed by atoms with Crippen molar-refractivity contribution < 1.29 is 42.4 Å². The first-order chi connectivity index (χ1) is 20.0. The van der Waals surface area contributed by atoms with Gasteiger partial charge in [0.25, 0.3) is 5.56 Å². The maximum Gasteiger partial charge on any atom is 0.325 e. The molecule has 0 aromatic carbocycles. The van der Waals surface area contributed by atoms with Crippen LogP contribution in [0.5, 0.6) is 0 Å². The molecule has 0 bridgehead atoms. The zero-order chi connectivity index (χ0) is 29.9. The Morgan fingerprint density at radius 1 is 1.12 bits per heavy atom. The molecule has 0 spiro atoms. The van der Waals surface area contributed by atoms with E-state index in [0.29, 0.717) is 5.39 Å². The molecule has 2 aliphatic rings. The van der Waals surface area contributed by atoms with Crippen LogP contribution in [0.2, 0.25) is 0 Å². The smallest absolute Gasteiger partial charge is 0.325 e. The number of nitrogens with one attached hydrogen (secondary N) is 1. The average molecular weight is 632 g/mol. The quantitative estimate of drug-likeness (QED) is 0.130. The number of H-pyrrole nitrogens is 1. The van der Waals surface area contributed by atoms with E-state index in [1.54, 1.807) is 6.07 Å². The first-order valence-electron chi connectivity index (χ1n) is 12.3. The molecule has 2 unspecified atom stereocenters. The van der Waals surface area contributed by atoms with Gasteiger partial charge in [-0.15, -0.1) is 0 Å². The first kappa shape index (κ1) is 28.9. The molecule has 2 aliphatic heterocycles. The van der Waals surface area contributed by atoms with Crippen molar-refractivity contribution in [3.8, 4) is 0 Å². The Kier molecular flexibility index (Phi) is 7.44. The van der Waals surface area contributed by atoms with Gasteiger partial charge in [0.2, 0.25) is 5.95 Å². The molecule has 4 aromatic heterocycles. The highest BCUT2D eigenvalue weighted by atomic mass is 32.5. The lowest BCUT2D eigenvalue weighted by Crippen LogP contribution is -2.33. The number of hydrogen-bond donors (Lipinski definition) is 6. The van der Waals surface area contributed by atoms with Gasteiger partial charge in [-0.25, -0.2) is 23.7 Å². The largest absolute Gasteiger partial charge is 0.394 e. The summed E-state index contributed by atoms with van der Waals surface area (Å²) < 4.78 is 54.9. The standard InChI is InChI=1S/C21H24F2N9O8PS/c22-10-8(3-33)38-20(32-6-28-12-17(32)29-21(25)30-18(12)35)14(10)40-41(36,42)37-4-9-13(34)11(23)19(39-9)31-2-1-7-15(24)26-5-27-16(7)31/h1-2,5-6,8-11,13-14,19-20,33-34H,3-4H2,(H,36,42)(H2,24,26,27)(H3,25,29,30,35)/t8-,9-,10-,11+,13-,14?,19-,20-,41?/m1/s1. The van der Waals surface area contributed by atoms with Gasteiger partial charge in [-0.1, -0.05) is 0 Å². The number of halogens is 2. The number of anilines is 2. The number of hydrogen-bond acceptors (Lipinski definition) is 14. The molecular weight excluding hydrogens is 607 g/mol. The number of aliphatic hydroxyl groups excluding tert-OH is 2. The molecule has 0 amide bonds. The topological polar surface area (TPSA) is 244 Å². The number of ether oxygens (including phenoxy) is 2. The van der Waals surface area contributed by atoms with Gasteiger partial charge >= 0.3 is 6.72 Å². The van der Waals surface area contributed by atoms with Crippen molar-refractivity contribution in [2.45, 2.75) is 49.2 Å². The number of alkyl halides is 2. The van der Waals surface area contributed by atoms with E-state index in [-0.39, 0.29) is 28.6 Å². The highest BCUT2D eigenvalue weighted by molar-refractivity contribution is 8.07. The third kappa shape index (κ3) is 4.93. The molecule has 21 heteroatoms. The number of aliphatic hydroxyl groups is 2. The highest BCUT2D eigenvalue weighted by Gasteiger charge is 2.50. The second kappa shape index (κ2) is 10.8. The molecule has 0 radical (unpaired) electrons. The fourth-order valence-corrected chi connectivity index (χ4v) is 6.33. The molecule has 2 saturated heterocycles. The van der Waals surface area contributed by atoms with E-state index < -0.39 is 74.7 Å². The summed E-state index contributed by atoms with van der Waals surface area (Å²) in [4.78, 5) is 41.2. The lowest BCUT2D eigenvalue weighted by Gasteiger charge is -2.26. The van der Waals surface area contributed by atoms with Gasteiger partial charge in [-0.2, -0.15) is 4.98 Å². The van der Waals surface area contributed by atoms with Crippen LogP contribution in [-0.4, -0.2) is 99.1 Å². The Hall–Kier alpha value is -3.20. The predicted octanol–water partition coefficient (Wildman–Crippen LogP) is -0.828. The summed E-state index contributed by atoms with van der Waals surface area (Å²) in [6, 6.07) is 1.56. The van der Waals surface area contributed by atoms with Crippen molar-refractivity contribution in [3.05, 3.63) is 35.3 Å². The zero-order valence-electron chi connectivity index (χ0n) is 21.2. The molecule has 226 valence electrons. The molecule has 17 nitrogen and oxygen atoms in total. The molecular formula is C21H24F2N9O8PS. The number of imidazole rings is 1. The number of nitrogen functional groups attached to an aromatic ring is 2. The van der Waals surface area contributed by atoms with Gasteiger partial charge in [-0.3, -0.25) is 18.9 Å². The van der Waals surface area contributed by atoms with E-state index in [0.717, 1.165) is 10.9 Å². The van der Waals surface area contributed by atoms with Crippen molar-refractivity contribution in [3.63, 3.8) is 0 Å². The summed E-state index contributed by atoms with van der Waals surface area (Å²) in [6.45, 7) is -5.73. The van der Waals surface area contributed by atoms with Crippen molar-refractivity contribution in [2.75, 3.05) is 24.7 Å². The third-order valence-electron chi connectivity index (χ3n) is 6.93. The van der Waals surface area contributed by atoms with E-state index in [4.69, 9.17) is 41.8 Å². The molecule has 9 atom stereocenters. The van der Waals surface area contributed by atoms with E-state index in [1.807, 2.05) is 0 Å². The van der Waals surface area contributed by atoms with Gasteiger partial charge in [0.1, 0.15) is 42.2 Å². The zero-order valence-corrected chi connectivity index (χ0v) is 22.9. The lowest BCUT2D eigenvalue weighted by molar-refractivity contribution is -0.0552. The fourth-order valence-electron chi connectivity index (χ4n) is 4.92. The number of aromatic nitrogens is 7. The van der Waals surface area contributed by atoms with Crippen LogP contribution in [0.25, 0.3) is 22.2 Å². The van der Waals surface area contributed by atoms with Crippen LogP contribution in [0.1, 0.15) is 12.5 Å². The second-order valence-corrected chi connectivity index (χ2v) is 12.3. The van der Waals surface area contributed by atoms with Gasteiger partial charge in [0, 0.05) is 6.20 Å². The minimum absolute atomic E-state index is 0.0835. The van der Waals surface area contributed by atoms with E-state index in [2.05, 4.69) is 24.9 Å². The van der Waals surface area contributed by atoms with Crippen molar-refractivity contribution in [1.29, 1.82) is 0 Å². The van der Waals surface area contributed by atoms with Crippen LogP contribution in [0.15, 0.2) is 29.7 Å². The van der Waals surface area contributed by atoms with Crippen LogP contribution in [0.4, 0.5) is 20.5 Å². The van der Waals surface area contributed by atoms with Crippen LogP contribution in [-0.2, 0) is 30.3 Å². The highest BCUT2D eigenvalue weighted by Crippen LogP contribution is 2.51. The minimum atomic E-state index is -4.33. The van der Waals surface area contributed by atoms with Crippen LogP contribution in [0, 0.1) is 0 Å². The molecule has 0 aliphatic carbocycles. The normalized spacial score (nSPS) is 31.3. The second-order valence-electron chi connectivity index (χ2n) is 9.52. The van der Waals surface area contributed by atoms with E-state index in [1.165, 1.54) is 17.1 Å². The van der Waals surface area contributed by atoms with Gasteiger partial charge in [0.05, 0.1) is 24.9 Å². The summed E-state index contributed by atoms with van der Waals surface area (Å²) >= 11 is 5.07. The Labute approximate surface area is 238 Å². The fraction of sp³-hybridized carbons (Fsp3) is 0.476. The summed E-state index contributed by atoms with van der Waals surface area (Å²) in [5.41, 5.74) is 10.8. The summed E-state index contributed by atoms with van der Waals surface area (Å²) in [7, 11) is 0. The average Bonchev–Trinajstić information content (AvgIpc) is 3.69. The first-order valence-corrected chi connectivity index (χ1v) is 14.9. The van der Waals surface area contributed by atoms with Crippen molar-refractivity contribution in [2.24, 2.45) is 0 Å². The Morgan fingerprint density at radius 3 is 2.64 bits per heavy atom. The monoisotopic (exact) mass is 631 g/mol. The number of fused-ring (bicyclic) bond motifs is 2. The Bertz CT molecular complexity index is 1740. The third-order valence-corrected chi connectivity index (χ3v) is 8.49. The van der Waals surface area contributed by atoms with Crippen LogP contribution >= 0.6 is 6.72 Å². The Morgan fingerprint density at radius 2 is 1.88 bits per heavy atom. The summed E-state index contributed by atoms with van der Waals surface area (Å²) in [5, 5.41) is 20.6. The SMILES string of the molecule is Nc1nc2c(ncn2[C@@H]2O[C@H](CO)[C@@H](F)C2OP(O)(=S)OC[C@H]2O[C@@H](n3ccc4c(N)ncnc43)[C@@H](F)[C@@H]2O)c(=O)[nH]1. The molecule has 42 heavy (non-hydrogen) atoms. The molecule has 4 aromatic rings. The number of nitrogens with zero attached hydrogens (tertiary/aromatic N) is 6. The number of rotatable bonds is 8. The van der Waals surface area contributed by atoms with Gasteiger partial charge in [0.15, 0.2) is 36.0 Å². The maximum atomic E-state index is 15.3. The lowest BCUT2D eigenvalue weighted by atomic mass is 10.1. The summed E-state index contributed by atoms with van der Waals surface area (Å²) in [6.07, 6.45) is -9.04. The van der Waals surface area contributed by atoms with E-state index >= 15 is 8.78 Å². The van der Waals surface area contributed by atoms with Crippen molar-refractivity contribution in [1.82, 2.24) is 34.1 Å². The summed E-state index contributed by atoms with van der Waals surface area (Å²) in [5.74, 6) is -0.0801. The Balaban J connectivity index is 1.19. The number of nitrogens with two attached hydrogens (primary N) is 2. The molecule has 0 saturated carbocycles. The number of aromatic amines is 1. The van der Waals surface area contributed by atoms with E-state index in [9.17, 15) is 19.9 Å². The molecule has 2 fully saturated rings. The minimum Gasteiger partial charge on any atom is -0.394 e. The predicted molar refractivity (Wildman–Crippen MR) is 143 cm³/mol. The molecule has 8 N–H and O–H groups in total. The molecule has 6 rings (SSSR count). The maximum absolute atomic E-state index is 15.3. The molecule has 6 heterocycles. The van der Waals surface area contributed by atoms with Crippen molar-refractivity contribution >= 4 is 52.5 Å². The van der Waals surface area contributed by atoms with Gasteiger partial charge in [-0.05, 0) is 17.9 Å². The van der Waals surface area contributed by atoms with Crippen LogP contribution in [0.3, 0.4) is 0 Å².